The number of amides is 2. The fraction of sp³-hybridized carbons (Fsp3) is 0.200. The van der Waals surface area contributed by atoms with E-state index in [1.54, 1.807) is 24.3 Å². The van der Waals surface area contributed by atoms with E-state index in [-0.39, 0.29) is 23.9 Å². The van der Waals surface area contributed by atoms with Gasteiger partial charge in [-0.2, -0.15) is 13.9 Å². The van der Waals surface area contributed by atoms with Crippen LogP contribution in [0, 0.1) is 11.8 Å². The molecule has 29 heavy (non-hydrogen) atoms. The average Bonchev–Trinajstić information content (AvgIpc) is 3.08. The number of aromatic amines is 1. The molecule has 0 fully saturated rings. The van der Waals surface area contributed by atoms with Crippen molar-refractivity contribution in [2.24, 2.45) is 0 Å². The Morgan fingerprint density at radius 1 is 1.21 bits per heavy atom. The second-order valence-corrected chi connectivity index (χ2v) is 5.73. The first-order valence-electron chi connectivity index (χ1n) is 8.75. The summed E-state index contributed by atoms with van der Waals surface area (Å²) in [5, 5.41) is 12.6. The smallest absolute Gasteiger partial charge is 0.387 e. The van der Waals surface area contributed by atoms with Crippen LogP contribution in [0.1, 0.15) is 13.3 Å². The van der Waals surface area contributed by atoms with Crippen LogP contribution in [0.2, 0.25) is 0 Å². The number of nitrogens with zero attached hydrogens (tertiary/aromatic N) is 1. The van der Waals surface area contributed by atoms with Gasteiger partial charge in [-0.3, -0.25) is 10.4 Å². The molecule has 3 rings (SSSR count). The minimum absolute atomic E-state index is 0.106. The molecule has 0 spiro atoms. The standard InChI is InChI=1S/C20H18F2N4O3/c1-2-3-6-11-28-13-9-10-14-16(12-13)25-26-18(14)24-20(27)23-15-7-4-5-8-17(15)29-19(21)22/h4-5,7-10,12,19H,2,11H2,1H3,(H3,23,24,25,26,27). The molecule has 1 aromatic heterocycles. The van der Waals surface area contributed by atoms with Crippen molar-refractivity contribution in [1.82, 2.24) is 10.2 Å². The molecule has 0 radical (unpaired) electrons. The van der Waals surface area contributed by atoms with Crippen LogP contribution in [0.3, 0.4) is 0 Å². The highest BCUT2D eigenvalue weighted by Gasteiger charge is 2.14. The van der Waals surface area contributed by atoms with Gasteiger partial charge in [-0.1, -0.05) is 25.0 Å². The normalized spacial score (nSPS) is 10.3. The molecule has 0 saturated heterocycles. The van der Waals surface area contributed by atoms with Crippen LogP contribution in [0.15, 0.2) is 42.5 Å². The van der Waals surface area contributed by atoms with Gasteiger partial charge in [0.25, 0.3) is 0 Å². The third-order valence-corrected chi connectivity index (χ3v) is 3.73. The van der Waals surface area contributed by atoms with Crippen LogP contribution in [0.4, 0.5) is 25.1 Å². The van der Waals surface area contributed by atoms with E-state index < -0.39 is 12.6 Å². The number of benzene rings is 2. The van der Waals surface area contributed by atoms with E-state index in [1.807, 2.05) is 6.92 Å². The Hall–Kier alpha value is -3.80. The van der Waals surface area contributed by atoms with Crippen LogP contribution >= 0.6 is 0 Å². The minimum Gasteiger partial charge on any atom is -0.481 e. The number of urea groups is 1. The van der Waals surface area contributed by atoms with Gasteiger partial charge in [0.2, 0.25) is 0 Å². The number of carbonyl (C=O) groups is 1. The lowest BCUT2D eigenvalue weighted by atomic mass is 10.2. The van der Waals surface area contributed by atoms with E-state index in [1.165, 1.54) is 18.2 Å². The molecule has 7 nitrogen and oxygen atoms in total. The maximum atomic E-state index is 12.5. The van der Waals surface area contributed by atoms with Gasteiger partial charge in [0.15, 0.2) is 5.82 Å². The quantitative estimate of drug-likeness (QED) is 0.528. The Labute approximate surface area is 165 Å². The zero-order valence-corrected chi connectivity index (χ0v) is 15.5. The zero-order valence-electron chi connectivity index (χ0n) is 15.5. The number of hydrogen-bond donors (Lipinski definition) is 3. The Balaban J connectivity index is 1.68. The van der Waals surface area contributed by atoms with Crippen molar-refractivity contribution < 1.29 is 23.0 Å². The van der Waals surface area contributed by atoms with Gasteiger partial charge in [-0.05, 0) is 24.3 Å². The number of ether oxygens (including phenoxy) is 2. The molecular formula is C20H18F2N4O3. The molecule has 3 N–H and O–H groups in total. The van der Waals surface area contributed by atoms with E-state index in [2.05, 4.69) is 37.4 Å². The molecule has 1 heterocycles. The van der Waals surface area contributed by atoms with Gasteiger partial charge in [0.05, 0.1) is 11.2 Å². The maximum Gasteiger partial charge on any atom is 0.387 e. The van der Waals surface area contributed by atoms with E-state index in [0.29, 0.717) is 16.7 Å². The van der Waals surface area contributed by atoms with Gasteiger partial charge in [-0.25, -0.2) is 4.79 Å². The number of hydrogen-bond acceptors (Lipinski definition) is 4. The summed E-state index contributed by atoms with van der Waals surface area (Å²) in [6, 6.07) is 10.5. The summed E-state index contributed by atoms with van der Waals surface area (Å²) in [7, 11) is 0. The van der Waals surface area contributed by atoms with Gasteiger partial charge in [0, 0.05) is 17.9 Å². The van der Waals surface area contributed by atoms with Crippen molar-refractivity contribution in [2.45, 2.75) is 20.0 Å². The molecule has 0 aliphatic rings. The van der Waals surface area contributed by atoms with E-state index in [9.17, 15) is 13.6 Å². The van der Waals surface area contributed by atoms with Crippen molar-refractivity contribution >= 4 is 28.4 Å². The van der Waals surface area contributed by atoms with Gasteiger partial charge in [0.1, 0.15) is 18.1 Å². The predicted molar refractivity (Wildman–Crippen MR) is 105 cm³/mol. The highest BCUT2D eigenvalue weighted by Crippen LogP contribution is 2.27. The topological polar surface area (TPSA) is 88.3 Å². The monoisotopic (exact) mass is 400 g/mol. The molecule has 0 atom stereocenters. The van der Waals surface area contributed by atoms with E-state index >= 15 is 0 Å². The molecule has 0 aliphatic heterocycles. The van der Waals surface area contributed by atoms with Crippen LogP contribution in [0.25, 0.3) is 10.9 Å². The molecule has 150 valence electrons. The fourth-order valence-electron chi connectivity index (χ4n) is 2.51. The van der Waals surface area contributed by atoms with Crippen LogP contribution in [-0.4, -0.2) is 29.4 Å². The van der Waals surface area contributed by atoms with E-state index in [0.717, 1.165) is 6.42 Å². The lowest BCUT2D eigenvalue weighted by Gasteiger charge is -2.11. The molecule has 0 aliphatic carbocycles. The molecule has 9 heteroatoms. The highest BCUT2D eigenvalue weighted by atomic mass is 19.3. The average molecular weight is 400 g/mol. The van der Waals surface area contributed by atoms with Crippen molar-refractivity contribution in [3.05, 3.63) is 42.5 Å². The molecule has 2 amide bonds. The summed E-state index contributed by atoms with van der Waals surface area (Å²) >= 11 is 0. The number of rotatable bonds is 6. The largest absolute Gasteiger partial charge is 0.481 e. The molecule has 3 aromatic rings. The summed E-state index contributed by atoms with van der Waals surface area (Å²) in [5.74, 6) is 6.55. The molecule has 0 bridgehead atoms. The second-order valence-electron chi connectivity index (χ2n) is 5.73. The van der Waals surface area contributed by atoms with Crippen LogP contribution in [-0.2, 0) is 0 Å². The maximum absolute atomic E-state index is 12.5. The Kier molecular flexibility index (Phi) is 6.47. The number of anilines is 2. The third kappa shape index (κ3) is 5.35. The summed E-state index contributed by atoms with van der Waals surface area (Å²) in [4.78, 5) is 12.3. The number of alkyl halides is 2. The van der Waals surface area contributed by atoms with Gasteiger partial charge < -0.3 is 14.8 Å². The summed E-state index contributed by atoms with van der Waals surface area (Å²) in [6.07, 6.45) is 0.763. The van der Waals surface area contributed by atoms with Crippen molar-refractivity contribution in [2.75, 3.05) is 17.2 Å². The fourth-order valence-corrected chi connectivity index (χ4v) is 2.51. The number of carbonyl (C=O) groups excluding carboxylic acids is 1. The number of para-hydroxylation sites is 2. The number of fused-ring (bicyclic) bond motifs is 1. The number of aromatic nitrogens is 2. The first kappa shape index (κ1) is 19.9. The van der Waals surface area contributed by atoms with E-state index in [4.69, 9.17) is 4.74 Å². The Morgan fingerprint density at radius 3 is 2.83 bits per heavy atom. The van der Waals surface area contributed by atoms with Crippen molar-refractivity contribution in [3.63, 3.8) is 0 Å². The predicted octanol–water partition coefficient (Wildman–Crippen LogP) is 4.60. The lowest BCUT2D eigenvalue weighted by Crippen LogP contribution is -2.20. The van der Waals surface area contributed by atoms with Crippen molar-refractivity contribution in [3.8, 4) is 23.3 Å². The summed E-state index contributed by atoms with van der Waals surface area (Å²) in [6.45, 7) is -0.763. The highest BCUT2D eigenvalue weighted by molar-refractivity contribution is 6.05. The Bertz CT molecular complexity index is 1060. The van der Waals surface area contributed by atoms with Crippen LogP contribution < -0.4 is 20.1 Å². The zero-order chi connectivity index (χ0) is 20.6. The molecular weight excluding hydrogens is 382 g/mol. The third-order valence-electron chi connectivity index (χ3n) is 3.73. The first-order valence-corrected chi connectivity index (χ1v) is 8.75. The molecule has 0 saturated carbocycles. The lowest BCUT2D eigenvalue weighted by molar-refractivity contribution is -0.0493. The number of H-pyrrole nitrogens is 1. The Morgan fingerprint density at radius 2 is 2.03 bits per heavy atom. The molecule has 2 aromatic carbocycles. The second kappa shape index (κ2) is 9.41. The summed E-state index contributed by atoms with van der Waals surface area (Å²) < 4.78 is 34.9. The van der Waals surface area contributed by atoms with Crippen molar-refractivity contribution in [1.29, 1.82) is 0 Å². The summed E-state index contributed by atoms with van der Waals surface area (Å²) in [5.41, 5.74) is 0.761. The number of halogens is 2. The van der Waals surface area contributed by atoms with Gasteiger partial charge in [-0.15, -0.1) is 5.92 Å². The minimum atomic E-state index is -3.00. The first-order chi connectivity index (χ1) is 14.1. The number of nitrogens with one attached hydrogen (secondary N) is 3. The van der Waals surface area contributed by atoms with Crippen LogP contribution in [0.5, 0.6) is 11.5 Å². The molecule has 0 unspecified atom stereocenters. The SMILES string of the molecule is CCC#CCOc1ccc2c(NC(=O)Nc3ccccc3OC(F)F)n[nH]c2c1. The van der Waals surface area contributed by atoms with Gasteiger partial charge >= 0.3 is 12.6 Å².